The fraction of sp³-hybridized carbons (Fsp3) is 0. The Hall–Kier alpha value is -7.74. The smallest absolute Gasteiger partial charge is 0.281 e. The number of rotatable bonds is 6. The van der Waals surface area contributed by atoms with Gasteiger partial charge in [-0.25, -0.2) is 0 Å². The van der Waals surface area contributed by atoms with Gasteiger partial charge in [-0.15, -0.1) is 0 Å². The van der Waals surface area contributed by atoms with E-state index in [9.17, 15) is 38.4 Å². The molecule has 0 fully saturated rings. The fourth-order valence-electron chi connectivity index (χ4n) is 6.49. The number of carbonyl (C=O) groups is 8. The summed E-state index contributed by atoms with van der Waals surface area (Å²) in [5.74, 6) is -5.72. The predicted octanol–water partition coefficient (Wildman–Crippen LogP) is 4.89. The second-order valence-electron chi connectivity index (χ2n) is 11.9. The maximum absolute atomic E-state index is 13.4. The van der Waals surface area contributed by atoms with Crippen LogP contribution in [-0.2, 0) is 0 Å². The zero-order chi connectivity index (χ0) is 36.0. The molecule has 0 aromatic heterocycles. The Labute approximate surface area is 291 Å². The molecule has 0 bridgehead atoms. The molecule has 9 rings (SSSR count). The molecule has 4 heterocycles. The van der Waals surface area contributed by atoms with E-state index in [-0.39, 0.29) is 67.5 Å². The lowest BCUT2D eigenvalue weighted by atomic mass is 10.1. The minimum absolute atomic E-state index is 0.0165. The molecule has 0 atom stereocenters. The van der Waals surface area contributed by atoms with Crippen LogP contribution in [0.4, 0.5) is 0 Å². The molecular formula is C38H18N4O10. The Balaban J connectivity index is 0.922. The summed E-state index contributed by atoms with van der Waals surface area (Å²) in [4.78, 5) is 105. The first-order chi connectivity index (χ1) is 25.1. The lowest BCUT2D eigenvalue weighted by Crippen LogP contribution is -2.49. The van der Waals surface area contributed by atoms with Crippen LogP contribution in [0.2, 0.25) is 0 Å². The number of imide groups is 4. The molecular weight excluding hydrogens is 672 g/mol. The zero-order valence-electron chi connectivity index (χ0n) is 26.3. The third kappa shape index (κ3) is 4.24. The minimum atomic E-state index is -0.872. The first-order valence-corrected chi connectivity index (χ1v) is 15.6. The summed E-state index contributed by atoms with van der Waals surface area (Å²) in [5.41, 5.74) is 0.154. The van der Waals surface area contributed by atoms with Crippen LogP contribution < -0.4 is 9.47 Å². The van der Waals surface area contributed by atoms with E-state index in [0.29, 0.717) is 20.0 Å². The predicted molar refractivity (Wildman–Crippen MR) is 174 cm³/mol. The van der Waals surface area contributed by atoms with Crippen molar-refractivity contribution >= 4 is 47.3 Å². The van der Waals surface area contributed by atoms with Crippen molar-refractivity contribution in [2.24, 2.45) is 0 Å². The SMILES string of the molecule is O=C1c2ccccc2C(=O)N1N1C(=O)c2ccc(Oc3cccc(Oc4ccc5c(c4)C(=O)N(N4C(=O)c6ccccc6C4=O)C5=O)c3)cc2C1=O. The van der Waals surface area contributed by atoms with Crippen molar-refractivity contribution in [1.82, 2.24) is 20.0 Å². The molecule has 4 aliphatic rings. The van der Waals surface area contributed by atoms with Crippen LogP contribution in [0.25, 0.3) is 0 Å². The largest absolute Gasteiger partial charge is 0.457 e. The van der Waals surface area contributed by atoms with E-state index in [1.807, 2.05) is 0 Å². The molecule has 0 radical (unpaired) electrons. The molecule has 14 nitrogen and oxygen atoms in total. The average Bonchev–Trinajstić information content (AvgIpc) is 3.74. The number of hydrazine groups is 2. The minimum Gasteiger partial charge on any atom is -0.457 e. The molecule has 0 spiro atoms. The average molecular weight is 691 g/mol. The lowest BCUT2D eigenvalue weighted by molar-refractivity contribution is 0.00845. The number of carbonyl (C=O) groups excluding carboxylic acids is 8. The molecule has 52 heavy (non-hydrogen) atoms. The summed E-state index contributed by atoms with van der Waals surface area (Å²) in [6.45, 7) is 0. The van der Waals surface area contributed by atoms with Crippen molar-refractivity contribution in [2.75, 3.05) is 0 Å². The molecule has 5 aromatic rings. The summed E-state index contributed by atoms with van der Waals surface area (Å²) in [5, 5.41) is 2.14. The Morgan fingerprint density at radius 2 is 0.538 bits per heavy atom. The zero-order valence-corrected chi connectivity index (χ0v) is 26.3. The van der Waals surface area contributed by atoms with Crippen LogP contribution in [0.5, 0.6) is 23.0 Å². The van der Waals surface area contributed by atoms with E-state index in [1.165, 1.54) is 66.7 Å². The highest BCUT2D eigenvalue weighted by atomic mass is 16.5. The van der Waals surface area contributed by atoms with Gasteiger partial charge in [0.05, 0.1) is 44.5 Å². The van der Waals surface area contributed by atoms with E-state index in [4.69, 9.17) is 9.47 Å². The maximum Gasteiger partial charge on any atom is 0.281 e. The van der Waals surface area contributed by atoms with E-state index in [2.05, 4.69) is 0 Å². The Bertz CT molecular complexity index is 2340. The molecule has 14 heteroatoms. The van der Waals surface area contributed by atoms with E-state index >= 15 is 0 Å². The summed E-state index contributed by atoms with van der Waals surface area (Å²) in [6.07, 6.45) is 0. The Morgan fingerprint density at radius 3 is 0.865 bits per heavy atom. The molecule has 8 amide bonds. The number of nitrogens with zero attached hydrogens (tertiary/aromatic N) is 4. The van der Waals surface area contributed by atoms with Crippen molar-refractivity contribution in [3.05, 3.63) is 154 Å². The molecule has 0 saturated carbocycles. The normalized spacial score (nSPS) is 15.8. The quantitative estimate of drug-likeness (QED) is 0.224. The number of benzene rings is 5. The lowest BCUT2D eigenvalue weighted by Gasteiger charge is -2.23. The summed E-state index contributed by atoms with van der Waals surface area (Å²) in [6, 6.07) is 26.7. The van der Waals surface area contributed by atoms with Gasteiger partial charge in [0.25, 0.3) is 47.3 Å². The molecule has 0 N–H and O–H groups in total. The first kappa shape index (κ1) is 30.3. The second kappa shape index (κ2) is 10.9. The topological polar surface area (TPSA) is 168 Å². The second-order valence-corrected chi connectivity index (χ2v) is 11.9. The van der Waals surface area contributed by atoms with Crippen molar-refractivity contribution in [3.63, 3.8) is 0 Å². The van der Waals surface area contributed by atoms with Gasteiger partial charge in [0.2, 0.25) is 0 Å². The van der Waals surface area contributed by atoms with Gasteiger partial charge in [-0.1, -0.05) is 30.3 Å². The summed E-state index contributed by atoms with van der Waals surface area (Å²) >= 11 is 0. The Kier molecular flexibility index (Phi) is 6.35. The Morgan fingerprint density at radius 1 is 0.269 bits per heavy atom. The van der Waals surface area contributed by atoms with Crippen LogP contribution in [-0.4, -0.2) is 67.3 Å². The molecule has 250 valence electrons. The number of fused-ring (bicyclic) bond motifs is 4. The van der Waals surface area contributed by atoms with Gasteiger partial charge < -0.3 is 9.47 Å². The third-order valence-electron chi connectivity index (χ3n) is 8.90. The van der Waals surface area contributed by atoms with Crippen LogP contribution in [0.3, 0.4) is 0 Å². The highest BCUT2D eigenvalue weighted by Crippen LogP contribution is 2.37. The molecule has 4 aliphatic heterocycles. The van der Waals surface area contributed by atoms with Crippen molar-refractivity contribution in [1.29, 1.82) is 0 Å². The number of hydrogen-bond donors (Lipinski definition) is 0. The van der Waals surface area contributed by atoms with Gasteiger partial charge >= 0.3 is 0 Å². The van der Waals surface area contributed by atoms with E-state index in [0.717, 1.165) is 0 Å². The van der Waals surface area contributed by atoms with Gasteiger partial charge in [-0.05, 0) is 72.8 Å². The monoisotopic (exact) mass is 690 g/mol. The van der Waals surface area contributed by atoms with Crippen LogP contribution in [0, 0.1) is 0 Å². The van der Waals surface area contributed by atoms with Gasteiger partial charge in [-0.3, -0.25) is 38.4 Å². The molecule has 0 aliphatic carbocycles. The van der Waals surface area contributed by atoms with Gasteiger partial charge in [0, 0.05) is 6.07 Å². The first-order valence-electron chi connectivity index (χ1n) is 15.6. The van der Waals surface area contributed by atoms with Gasteiger partial charge in [0.1, 0.15) is 23.0 Å². The molecule has 5 aromatic carbocycles. The van der Waals surface area contributed by atoms with Crippen LogP contribution in [0.1, 0.15) is 82.9 Å². The van der Waals surface area contributed by atoms with Crippen molar-refractivity contribution in [2.45, 2.75) is 0 Å². The summed E-state index contributed by atoms with van der Waals surface area (Å²) < 4.78 is 11.9. The third-order valence-corrected chi connectivity index (χ3v) is 8.90. The number of hydrogen-bond acceptors (Lipinski definition) is 10. The standard InChI is InChI=1S/C38H18N4O10/c43-31-23-8-1-2-9-24(23)32(44)39(31)41-35(47)27-14-12-21(17-29(27)37(41)49)51-19-6-5-7-20(16-19)52-22-13-15-28-30(18-22)38(50)42(36(28)48)40-33(45)25-10-3-4-11-26(25)34(40)46/h1-18H. The summed E-state index contributed by atoms with van der Waals surface area (Å²) in [7, 11) is 0. The molecule has 0 saturated heterocycles. The number of amides is 8. The van der Waals surface area contributed by atoms with Crippen LogP contribution in [0.15, 0.2) is 109 Å². The number of ether oxygens (including phenoxy) is 2. The molecule has 0 unspecified atom stereocenters. The van der Waals surface area contributed by atoms with Crippen LogP contribution >= 0.6 is 0 Å². The maximum atomic E-state index is 13.4. The van der Waals surface area contributed by atoms with Gasteiger partial charge in [-0.2, -0.15) is 20.0 Å². The van der Waals surface area contributed by atoms with Gasteiger partial charge in [0.15, 0.2) is 0 Å². The van der Waals surface area contributed by atoms with Crippen molar-refractivity contribution in [3.8, 4) is 23.0 Å². The van der Waals surface area contributed by atoms with E-state index in [1.54, 1.807) is 42.5 Å². The highest BCUT2D eigenvalue weighted by molar-refractivity contribution is 6.29. The fourth-order valence-corrected chi connectivity index (χ4v) is 6.49. The highest BCUT2D eigenvalue weighted by Gasteiger charge is 2.50. The van der Waals surface area contributed by atoms with Crippen molar-refractivity contribution < 1.29 is 47.8 Å². The van der Waals surface area contributed by atoms with E-state index < -0.39 is 47.3 Å².